The summed E-state index contributed by atoms with van der Waals surface area (Å²) in [6.45, 7) is 22.1. The summed E-state index contributed by atoms with van der Waals surface area (Å²) in [4.78, 5) is 27.0. The van der Waals surface area contributed by atoms with Crippen molar-refractivity contribution in [1.29, 1.82) is 0 Å². The Hall–Kier alpha value is -2.12. The largest absolute Gasteiger partial charge is 0.395 e. The molecule has 1 rings (SSSR count). The number of hydrogen-bond donors (Lipinski definition) is 4. The van der Waals surface area contributed by atoms with Crippen molar-refractivity contribution in [2.24, 2.45) is 11.8 Å². The molecule has 3 amide bonds. The summed E-state index contributed by atoms with van der Waals surface area (Å²) in [7, 11) is 0. The zero-order valence-electron chi connectivity index (χ0n) is 25.4. The van der Waals surface area contributed by atoms with Crippen LogP contribution in [0.4, 0.5) is 4.79 Å². The first-order chi connectivity index (χ1) is 17.5. The molecule has 1 fully saturated rings. The zero-order chi connectivity index (χ0) is 28.6. The van der Waals surface area contributed by atoms with Crippen LogP contribution in [0.3, 0.4) is 0 Å². The molecule has 4 N–H and O–H groups in total. The molecule has 0 aliphatic carbocycles. The number of allylic oxidation sites excluding steroid dienone is 4. The lowest BCUT2D eigenvalue weighted by atomic mass is 9.97. The number of carbonyl (C=O) groups is 2. The SMILES string of the molecule is CC(C)C.CCC.CCCC=CC/C(NC(=O)NCCO)=C(\C=C(/C)C(=O)N1CCNCC1)CC(C)C. The minimum Gasteiger partial charge on any atom is -0.395 e. The van der Waals surface area contributed by atoms with E-state index in [-0.39, 0.29) is 25.1 Å². The van der Waals surface area contributed by atoms with Gasteiger partial charge in [-0.1, -0.05) is 80.4 Å². The van der Waals surface area contributed by atoms with Gasteiger partial charge in [0.25, 0.3) is 0 Å². The highest BCUT2D eigenvalue weighted by atomic mass is 16.3. The molecular formula is C30H58N4O3. The summed E-state index contributed by atoms with van der Waals surface area (Å²) in [5, 5.41) is 17.8. The second-order valence-electron chi connectivity index (χ2n) is 10.5. The lowest BCUT2D eigenvalue weighted by molar-refractivity contribution is -0.127. The molecular weight excluding hydrogens is 464 g/mol. The summed E-state index contributed by atoms with van der Waals surface area (Å²) >= 11 is 0. The van der Waals surface area contributed by atoms with E-state index in [1.807, 2.05) is 17.9 Å². The molecule has 0 aromatic heterocycles. The Labute approximate surface area is 228 Å². The Bertz CT molecular complexity index is 688. The lowest BCUT2D eigenvalue weighted by Gasteiger charge is -2.28. The van der Waals surface area contributed by atoms with Gasteiger partial charge >= 0.3 is 6.03 Å². The summed E-state index contributed by atoms with van der Waals surface area (Å²) in [5.74, 6) is 1.25. The number of piperazine rings is 1. The van der Waals surface area contributed by atoms with Crippen molar-refractivity contribution in [3.63, 3.8) is 0 Å². The third-order valence-electron chi connectivity index (χ3n) is 4.75. The Kier molecular flexibility index (Phi) is 24.3. The minimum atomic E-state index is -0.344. The maximum absolute atomic E-state index is 12.9. The van der Waals surface area contributed by atoms with Gasteiger partial charge in [-0.25, -0.2) is 4.79 Å². The van der Waals surface area contributed by atoms with Crippen molar-refractivity contribution >= 4 is 11.9 Å². The molecule has 216 valence electrons. The van der Waals surface area contributed by atoms with E-state index in [1.165, 1.54) is 6.42 Å². The molecule has 0 unspecified atom stereocenters. The van der Waals surface area contributed by atoms with E-state index >= 15 is 0 Å². The van der Waals surface area contributed by atoms with Crippen molar-refractivity contribution in [3.05, 3.63) is 35.1 Å². The molecule has 0 spiro atoms. The second-order valence-corrected chi connectivity index (χ2v) is 10.5. The number of aliphatic hydroxyl groups is 1. The third-order valence-corrected chi connectivity index (χ3v) is 4.75. The topological polar surface area (TPSA) is 93.7 Å². The van der Waals surface area contributed by atoms with Gasteiger partial charge in [0, 0.05) is 50.4 Å². The van der Waals surface area contributed by atoms with E-state index in [4.69, 9.17) is 5.11 Å². The van der Waals surface area contributed by atoms with Crippen LogP contribution in [-0.2, 0) is 4.79 Å². The average molecular weight is 523 g/mol. The monoisotopic (exact) mass is 522 g/mol. The lowest BCUT2D eigenvalue weighted by Crippen LogP contribution is -2.46. The van der Waals surface area contributed by atoms with Gasteiger partial charge in [-0.3, -0.25) is 4.79 Å². The van der Waals surface area contributed by atoms with Crippen molar-refractivity contribution < 1.29 is 14.7 Å². The summed E-state index contributed by atoms with van der Waals surface area (Å²) in [6, 6.07) is -0.344. The number of urea groups is 1. The molecule has 7 nitrogen and oxygen atoms in total. The van der Waals surface area contributed by atoms with Gasteiger partial charge in [0.05, 0.1) is 6.61 Å². The molecule has 37 heavy (non-hydrogen) atoms. The van der Waals surface area contributed by atoms with Crippen LogP contribution in [0.2, 0.25) is 0 Å². The van der Waals surface area contributed by atoms with Gasteiger partial charge in [0.2, 0.25) is 5.91 Å². The molecule has 1 saturated heterocycles. The summed E-state index contributed by atoms with van der Waals surface area (Å²) in [5.41, 5.74) is 2.44. The van der Waals surface area contributed by atoms with Gasteiger partial charge in [-0.05, 0) is 43.3 Å². The van der Waals surface area contributed by atoms with Gasteiger partial charge in [-0.15, -0.1) is 0 Å². The number of amides is 3. The van der Waals surface area contributed by atoms with Crippen LogP contribution >= 0.6 is 0 Å². The molecule has 0 atom stereocenters. The molecule has 7 heteroatoms. The smallest absolute Gasteiger partial charge is 0.319 e. The first-order valence-electron chi connectivity index (χ1n) is 14.2. The van der Waals surface area contributed by atoms with Gasteiger partial charge < -0.3 is 26.0 Å². The average Bonchev–Trinajstić information content (AvgIpc) is 2.84. The minimum absolute atomic E-state index is 0.0448. The highest BCUT2D eigenvalue weighted by Gasteiger charge is 2.19. The molecule has 1 heterocycles. The first kappa shape index (κ1) is 37.0. The predicted octanol–water partition coefficient (Wildman–Crippen LogP) is 5.78. The maximum atomic E-state index is 12.9. The van der Waals surface area contributed by atoms with E-state index in [0.717, 1.165) is 49.5 Å². The molecule has 1 aliphatic heterocycles. The maximum Gasteiger partial charge on any atom is 0.319 e. The van der Waals surface area contributed by atoms with Crippen molar-refractivity contribution in [2.75, 3.05) is 39.3 Å². The summed E-state index contributed by atoms with van der Waals surface area (Å²) < 4.78 is 0. The van der Waals surface area contributed by atoms with Crippen LogP contribution in [0.5, 0.6) is 0 Å². The molecule has 1 aliphatic rings. The van der Waals surface area contributed by atoms with Gasteiger partial charge in [-0.2, -0.15) is 0 Å². The molecule has 0 aromatic carbocycles. The van der Waals surface area contributed by atoms with E-state index in [9.17, 15) is 9.59 Å². The number of rotatable bonds is 11. The van der Waals surface area contributed by atoms with Gasteiger partial charge in [0.15, 0.2) is 0 Å². The Morgan fingerprint density at radius 3 is 2.08 bits per heavy atom. The highest BCUT2D eigenvalue weighted by Crippen LogP contribution is 2.21. The van der Waals surface area contributed by atoms with Crippen molar-refractivity contribution in [1.82, 2.24) is 20.9 Å². The predicted molar refractivity (Wildman–Crippen MR) is 158 cm³/mol. The summed E-state index contributed by atoms with van der Waals surface area (Å²) in [6.07, 6.45) is 10.7. The molecule has 0 saturated carbocycles. The fourth-order valence-electron chi connectivity index (χ4n) is 3.25. The quantitative estimate of drug-likeness (QED) is 0.157. The van der Waals surface area contributed by atoms with Crippen LogP contribution < -0.4 is 16.0 Å². The van der Waals surface area contributed by atoms with Crippen LogP contribution in [0.1, 0.15) is 94.4 Å². The molecule has 0 radical (unpaired) electrons. The zero-order valence-corrected chi connectivity index (χ0v) is 25.4. The van der Waals surface area contributed by atoms with E-state index < -0.39 is 0 Å². The van der Waals surface area contributed by atoms with E-state index in [1.54, 1.807) is 0 Å². The van der Waals surface area contributed by atoms with E-state index in [2.05, 4.69) is 83.5 Å². The van der Waals surface area contributed by atoms with Gasteiger partial charge in [0.1, 0.15) is 0 Å². The third kappa shape index (κ3) is 21.7. The Morgan fingerprint density at radius 2 is 1.59 bits per heavy atom. The van der Waals surface area contributed by atoms with Crippen molar-refractivity contribution in [3.8, 4) is 0 Å². The number of aliphatic hydroxyl groups excluding tert-OH is 1. The molecule has 0 bridgehead atoms. The number of nitrogens with one attached hydrogen (secondary N) is 3. The normalized spacial score (nSPS) is 14.5. The fraction of sp³-hybridized carbons (Fsp3) is 0.733. The highest BCUT2D eigenvalue weighted by molar-refractivity contribution is 5.93. The Balaban J connectivity index is 0. The second kappa shape index (κ2) is 24.2. The first-order valence-corrected chi connectivity index (χ1v) is 14.2. The number of nitrogens with zero attached hydrogens (tertiary/aromatic N) is 1. The van der Waals surface area contributed by atoms with Crippen LogP contribution in [0, 0.1) is 11.8 Å². The van der Waals surface area contributed by atoms with Crippen LogP contribution in [0.15, 0.2) is 35.1 Å². The van der Waals surface area contributed by atoms with E-state index in [0.29, 0.717) is 31.0 Å². The Morgan fingerprint density at radius 1 is 1.03 bits per heavy atom. The standard InChI is InChI=1S/C23H40N4O3.C4H10.C3H8/c1-5-6-7-8-9-21(26-23(30)25-12-15-28)20(16-18(2)3)17-19(4)22(29)27-13-10-24-11-14-27;1-4(2)3;1-3-2/h7-8,17-18,24,28H,5-6,9-16H2,1-4H3,(H2,25,26,30);4H,1-3H3;3H2,1-2H3/b8-7?,19-17+,21-20+;;. The number of carbonyl (C=O) groups excluding carboxylic acids is 2. The van der Waals surface area contributed by atoms with Crippen LogP contribution in [0.25, 0.3) is 0 Å². The number of unbranched alkanes of at least 4 members (excludes halogenated alkanes) is 1. The van der Waals surface area contributed by atoms with Crippen LogP contribution in [-0.4, -0.2) is 61.3 Å². The fourth-order valence-corrected chi connectivity index (χ4v) is 3.25. The number of hydrogen-bond acceptors (Lipinski definition) is 4. The van der Waals surface area contributed by atoms with Crippen molar-refractivity contribution in [2.45, 2.75) is 94.4 Å². The molecule has 0 aromatic rings.